The molecule has 0 aromatic heterocycles. The van der Waals surface area contributed by atoms with Gasteiger partial charge < -0.3 is 5.73 Å². The maximum absolute atomic E-state index is 10.1. The maximum atomic E-state index is 10.1. The molecule has 0 spiro atoms. The average molecular weight is 318 g/mol. The van der Waals surface area contributed by atoms with Crippen LogP contribution in [0.25, 0.3) is 0 Å². The second-order valence-electron chi connectivity index (χ2n) is 4.36. The van der Waals surface area contributed by atoms with E-state index in [0.29, 0.717) is 0 Å². The van der Waals surface area contributed by atoms with E-state index >= 15 is 0 Å². The lowest BCUT2D eigenvalue weighted by Crippen LogP contribution is -2.21. The minimum Gasteiger partial charge on any atom is -0.370 e. The number of carbonyl (C=O) groups is 2. The summed E-state index contributed by atoms with van der Waals surface area (Å²) in [5, 5.41) is 10.7. The van der Waals surface area contributed by atoms with Crippen LogP contribution in [0.1, 0.15) is 12.8 Å². The molecule has 2 aromatic rings. The molecule has 2 rings (SSSR count). The van der Waals surface area contributed by atoms with E-state index in [-0.39, 0.29) is 12.8 Å². The highest BCUT2D eigenvalue weighted by atomic mass is 31.1. The second-order valence-corrected chi connectivity index (χ2v) is 5.76. The zero-order chi connectivity index (χ0) is 16.2. The topological polar surface area (TPSA) is 92.4 Å². The number of nitrogens with one attached hydrogen (secondary N) is 1. The number of benzene rings is 2. The van der Waals surface area contributed by atoms with Gasteiger partial charge in [-0.1, -0.05) is 69.2 Å². The highest BCUT2D eigenvalue weighted by Gasteiger charge is 2.00. The molecule has 0 saturated heterocycles. The number of primary amides is 1. The van der Waals surface area contributed by atoms with Crippen LogP contribution in [0.4, 0.5) is 0 Å². The van der Waals surface area contributed by atoms with E-state index in [1.54, 1.807) is 0 Å². The van der Waals surface area contributed by atoms with E-state index in [0.717, 1.165) is 8.58 Å². The largest absolute Gasteiger partial charge is 0.370 e. The van der Waals surface area contributed by atoms with Gasteiger partial charge in [-0.25, -0.2) is 5.48 Å². The van der Waals surface area contributed by atoms with Gasteiger partial charge in [0, 0.05) is 12.8 Å². The Bertz CT molecular complexity index is 539. The Hall–Kier alpha value is -2.23. The van der Waals surface area contributed by atoms with Crippen LogP contribution in [-0.4, -0.2) is 17.0 Å². The van der Waals surface area contributed by atoms with E-state index in [1.807, 2.05) is 0 Å². The van der Waals surface area contributed by atoms with E-state index in [2.05, 4.69) is 60.7 Å². The summed E-state index contributed by atoms with van der Waals surface area (Å²) in [6, 6.07) is 21.2. The first kappa shape index (κ1) is 17.8. The van der Waals surface area contributed by atoms with Gasteiger partial charge in [0.2, 0.25) is 11.8 Å². The van der Waals surface area contributed by atoms with E-state index in [1.165, 1.54) is 16.1 Å². The average Bonchev–Trinajstić information content (AvgIpc) is 2.55. The van der Waals surface area contributed by atoms with Crippen molar-refractivity contribution in [3.8, 4) is 0 Å². The molecule has 0 aliphatic rings. The van der Waals surface area contributed by atoms with Crippen LogP contribution in [0.5, 0.6) is 0 Å². The third-order valence-corrected chi connectivity index (χ3v) is 3.80. The third-order valence-electron chi connectivity index (χ3n) is 2.56. The molecule has 0 saturated carbocycles. The van der Waals surface area contributed by atoms with E-state index in [9.17, 15) is 9.59 Å². The monoisotopic (exact) mass is 318 g/mol. The summed E-state index contributed by atoms with van der Waals surface area (Å²) >= 11 is 0. The van der Waals surface area contributed by atoms with Crippen molar-refractivity contribution in [1.29, 1.82) is 0 Å². The van der Waals surface area contributed by atoms with Gasteiger partial charge in [-0.05, 0) is 10.6 Å². The van der Waals surface area contributed by atoms with Gasteiger partial charge in [0.25, 0.3) is 0 Å². The molecule has 22 heavy (non-hydrogen) atoms. The lowest BCUT2D eigenvalue weighted by molar-refractivity contribution is -0.131. The van der Waals surface area contributed by atoms with Gasteiger partial charge in [0.1, 0.15) is 0 Å². The van der Waals surface area contributed by atoms with Gasteiger partial charge in [-0.2, -0.15) is 0 Å². The fourth-order valence-electron chi connectivity index (χ4n) is 1.50. The fraction of sp³-hybridized carbons (Fsp3) is 0.125. The summed E-state index contributed by atoms with van der Waals surface area (Å²) < 4.78 is 0. The van der Waals surface area contributed by atoms with Crippen molar-refractivity contribution in [2.75, 3.05) is 0 Å². The van der Waals surface area contributed by atoms with Gasteiger partial charge in [0.15, 0.2) is 0 Å². The quantitative estimate of drug-likeness (QED) is 0.437. The molecule has 0 aliphatic carbocycles. The second kappa shape index (κ2) is 10.5. The van der Waals surface area contributed by atoms with Crippen LogP contribution in [0.2, 0.25) is 0 Å². The number of amides is 2. The first-order chi connectivity index (χ1) is 10.6. The van der Waals surface area contributed by atoms with Crippen molar-refractivity contribution >= 4 is 31.0 Å². The highest BCUT2D eigenvalue weighted by Crippen LogP contribution is 2.08. The minimum atomic E-state index is -0.603. The summed E-state index contributed by atoms with van der Waals surface area (Å²) in [5.41, 5.74) is 6.07. The van der Waals surface area contributed by atoms with Crippen LogP contribution in [0, 0.1) is 0 Å². The predicted molar refractivity (Wildman–Crippen MR) is 88.8 cm³/mol. The summed E-state index contributed by atoms with van der Waals surface area (Å²) in [6.45, 7) is 0. The lowest BCUT2D eigenvalue weighted by Gasteiger charge is -2.00. The smallest absolute Gasteiger partial charge is 0.243 e. The molecule has 0 unspecified atom stereocenters. The van der Waals surface area contributed by atoms with Crippen molar-refractivity contribution < 1.29 is 14.8 Å². The van der Waals surface area contributed by atoms with Gasteiger partial charge in [0.05, 0.1) is 0 Å². The summed E-state index contributed by atoms with van der Waals surface area (Å²) in [4.78, 5) is 20.1. The van der Waals surface area contributed by atoms with Crippen molar-refractivity contribution in [2.45, 2.75) is 12.8 Å². The van der Waals surface area contributed by atoms with Gasteiger partial charge in [-0.3, -0.25) is 14.8 Å². The lowest BCUT2D eigenvalue weighted by atomic mass is 10.3. The Balaban J connectivity index is 0.000000239. The predicted octanol–water partition coefficient (Wildman–Crippen LogP) is 1.07. The maximum Gasteiger partial charge on any atom is 0.243 e. The molecular weight excluding hydrogens is 299 g/mol. The Morgan fingerprint density at radius 3 is 1.73 bits per heavy atom. The van der Waals surface area contributed by atoms with Gasteiger partial charge >= 0.3 is 0 Å². The molecule has 6 heteroatoms. The molecule has 2 aromatic carbocycles. The normalized spacial score (nSPS) is 9.32. The molecule has 0 bridgehead atoms. The molecule has 116 valence electrons. The molecular formula is C16H19N2O3P. The summed E-state index contributed by atoms with van der Waals surface area (Å²) in [6.07, 6.45) is -0.0990. The van der Waals surface area contributed by atoms with Crippen LogP contribution in [0.15, 0.2) is 60.7 Å². The van der Waals surface area contributed by atoms with Crippen LogP contribution >= 0.6 is 8.58 Å². The Kier molecular flexibility index (Phi) is 8.50. The highest BCUT2D eigenvalue weighted by molar-refractivity contribution is 7.55. The number of hydrogen-bond acceptors (Lipinski definition) is 3. The molecule has 0 atom stereocenters. The number of hydroxylamine groups is 1. The molecule has 0 radical (unpaired) electrons. The molecule has 0 aliphatic heterocycles. The van der Waals surface area contributed by atoms with Crippen LogP contribution in [0.3, 0.4) is 0 Å². The Morgan fingerprint density at radius 2 is 1.36 bits per heavy atom. The Labute approximate surface area is 131 Å². The molecule has 0 fully saturated rings. The van der Waals surface area contributed by atoms with Crippen molar-refractivity contribution in [3.63, 3.8) is 0 Å². The molecule has 4 N–H and O–H groups in total. The summed E-state index contributed by atoms with van der Waals surface area (Å²) in [7, 11) is 0.777. The molecule has 5 nitrogen and oxygen atoms in total. The number of nitrogens with two attached hydrogens (primary N) is 1. The zero-order valence-electron chi connectivity index (χ0n) is 12.0. The number of carbonyl (C=O) groups excluding carboxylic acids is 2. The fourth-order valence-corrected chi connectivity index (χ4v) is 2.55. The summed E-state index contributed by atoms with van der Waals surface area (Å²) in [5.74, 6) is -1.16. The number of hydrogen-bond donors (Lipinski definition) is 3. The SMILES string of the molecule is NC(=O)CCC(=O)NO.c1ccc(Pc2ccccc2)cc1. The zero-order valence-corrected chi connectivity index (χ0v) is 13.0. The van der Waals surface area contributed by atoms with Crippen molar-refractivity contribution in [1.82, 2.24) is 5.48 Å². The first-order valence-corrected chi connectivity index (χ1v) is 7.70. The van der Waals surface area contributed by atoms with Crippen molar-refractivity contribution in [2.24, 2.45) is 5.73 Å². The van der Waals surface area contributed by atoms with Crippen LogP contribution < -0.4 is 21.8 Å². The molecule has 0 heterocycles. The Morgan fingerprint density at radius 1 is 0.909 bits per heavy atom. The first-order valence-electron chi connectivity index (χ1n) is 6.70. The standard InChI is InChI=1S/C12H11P.C4H8N2O3/c1-3-7-11(8-4-1)13-12-9-5-2-6-10-12;5-3(7)1-2-4(8)6-9/h1-10,13H;9H,1-2H2,(H2,5,7)(H,6,8). The van der Waals surface area contributed by atoms with E-state index in [4.69, 9.17) is 10.9 Å². The minimum absolute atomic E-state index is 0.0353. The van der Waals surface area contributed by atoms with Crippen LogP contribution in [-0.2, 0) is 9.59 Å². The number of rotatable bonds is 5. The molecule has 2 amide bonds. The van der Waals surface area contributed by atoms with E-state index < -0.39 is 11.8 Å². The van der Waals surface area contributed by atoms with Crippen molar-refractivity contribution in [3.05, 3.63) is 60.7 Å². The van der Waals surface area contributed by atoms with Gasteiger partial charge in [-0.15, -0.1) is 0 Å². The third kappa shape index (κ3) is 8.15.